The van der Waals surface area contributed by atoms with Crippen molar-refractivity contribution >= 4 is 5.91 Å². The van der Waals surface area contributed by atoms with E-state index >= 15 is 0 Å². The number of carbonyl (C=O) groups is 1. The number of hydrogen-bond donors (Lipinski definition) is 2. The van der Waals surface area contributed by atoms with Gasteiger partial charge < -0.3 is 9.88 Å². The molecular weight excluding hydrogens is 208 g/mol. The third kappa shape index (κ3) is 2.25. The van der Waals surface area contributed by atoms with E-state index in [9.17, 15) is 4.79 Å². The van der Waals surface area contributed by atoms with E-state index < -0.39 is 0 Å². The van der Waals surface area contributed by atoms with Gasteiger partial charge in [-0.1, -0.05) is 0 Å². The van der Waals surface area contributed by atoms with Gasteiger partial charge in [0, 0.05) is 32.4 Å². The highest BCUT2D eigenvalue weighted by Crippen LogP contribution is 1.94. The van der Waals surface area contributed by atoms with E-state index in [1.54, 1.807) is 6.20 Å². The van der Waals surface area contributed by atoms with Gasteiger partial charge in [-0.25, -0.2) is 4.98 Å². The molecule has 16 heavy (non-hydrogen) atoms. The average Bonchev–Trinajstić information content (AvgIpc) is 2.90. The van der Waals surface area contributed by atoms with Crippen molar-refractivity contribution in [2.75, 3.05) is 6.54 Å². The zero-order chi connectivity index (χ0) is 11.4. The Labute approximate surface area is 91.9 Å². The first-order valence-electron chi connectivity index (χ1n) is 4.87. The molecule has 7 heteroatoms. The van der Waals surface area contributed by atoms with E-state index in [2.05, 4.69) is 25.7 Å². The van der Waals surface area contributed by atoms with Crippen LogP contribution in [0.5, 0.6) is 0 Å². The molecule has 0 bridgehead atoms. The van der Waals surface area contributed by atoms with Gasteiger partial charge in [0.15, 0.2) is 5.69 Å². The predicted molar refractivity (Wildman–Crippen MR) is 55.6 cm³/mol. The number of aromatic nitrogens is 5. The van der Waals surface area contributed by atoms with E-state index in [0.29, 0.717) is 18.7 Å². The molecule has 84 valence electrons. The number of imidazole rings is 1. The SMILES string of the molecule is Cn1ccnc1CCNC(=O)c1cn[nH]n1. The summed E-state index contributed by atoms with van der Waals surface area (Å²) in [6.45, 7) is 0.524. The van der Waals surface area contributed by atoms with Crippen molar-refractivity contribution in [2.45, 2.75) is 6.42 Å². The number of amides is 1. The summed E-state index contributed by atoms with van der Waals surface area (Å²) in [5, 5.41) is 12.4. The number of rotatable bonds is 4. The van der Waals surface area contributed by atoms with Gasteiger partial charge in [0.05, 0.1) is 6.20 Å². The summed E-state index contributed by atoms with van der Waals surface area (Å²) in [6.07, 6.45) is 5.67. The number of nitrogens with one attached hydrogen (secondary N) is 2. The van der Waals surface area contributed by atoms with Crippen LogP contribution in [0, 0.1) is 0 Å². The number of nitrogens with zero attached hydrogens (tertiary/aromatic N) is 4. The van der Waals surface area contributed by atoms with E-state index in [-0.39, 0.29) is 5.91 Å². The molecule has 2 aromatic rings. The highest BCUT2D eigenvalue weighted by Gasteiger charge is 2.07. The first-order valence-corrected chi connectivity index (χ1v) is 4.87. The van der Waals surface area contributed by atoms with Crippen LogP contribution in [0.25, 0.3) is 0 Å². The van der Waals surface area contributed by atoms with Gasteiger partial charge in [-0.15, -0.1) is 0 Å². The first kappa shape index (κ1) is 10.3. The summed E-state index contributed by atoms with van der Waals surface area (Å²) in [4.78, 5) is 15.6. The molecular formula is C9H12N6O. The van der Waals surface area contributed by atoms with Crippen LogP contribution in [0.15, 0.2) is 18.6 Å². The zero-order valence-corrected chi connectivity index (χ0v) is 8.84. The molecule has 0 saturated heterocycles. The Kier molecular flexibility index (Phi) is 2.95. The molecule has 0 fully saturated rings. The first-order chi connectivity index (χ1) is 7.77. The van der Waals surface area contributed by atoms with Gasteiger partial charge in [-0.3, -0.25) is 4.79 Å². The van der Waals surface area contributed by atoms with Gasteiger partial charge >= 0.3 is 0 Å². The van der Waals surface area contributed by atoms with E-state index in [4.69, 9.17) is 0 Å². The van der Waals surface area contributed by atoms with Gasteiger partial charge in [-0.2, -0.15) is 15.4 Å². The summed E-state index contributed by atoms with van der Waals surface area (Å²) in [6, 6.07) is 0. The predicted octanol–water partition coefficient (Wildman–Crippen LogP) is -0.489. The number of hydrogen-bond acceptors (Lipinski definition) is 4. The molecule has 7 nitrogen and oxygen atoms in total. The van der Waals surface area contributed by atoms with Crippen molar-refractivity contribution in [1.29, 1.82) is 0 Å². The minimum absolute atomic E-state index is 0.233. The van der Waals surface area contributed by atoms with Crippen molar-refractivity contribution in [3.05, 3.63) is 30.1 Å². The second-order valence-corrected chi connectivity index (χ2v) is 3.32. The lowest BCUT2D eigenvalue weighted by molar-refractivity contribution is 0.0949. The van der Waals surface area contributed by atoms with Crippen molar-refractivity contribution in [2.24, 2.45) is 7.05 Å². The summed E-state index contributed by atoms with van der Waals surface area (Å²) in [5.74, 6) is 0.698. The molecule has 2 rings (SSSR count). The monoisotopic (exact) mass is 220 g/mol. The quantitative estimate of drug-likeness (QED) is 0.727. The number of carbonyl (C=O) groups excluding carboxylic acids is 1. The molecule has 0 aliphatic heterocycles. The Morgan fingerprint density at radius 3 is 3.12 bits per heavy atom. The standard InChI is InChI=1S/C9H12N6O/c1-15-5-4-10-8(15)2-3-11-9(16)7-6-12-14-13-7/h4-6H,2-3H2,1H3,(H,11,16)(H,12,13,14). The van der Waals surface area contributed by atoms with Crippen LogP contribution in [0.1, 0.15) is 16.3 Å². The Balaban J connectivity index is 1.81. The van der Waals surface area contributed by atoms with Gasteiger partial charge in [0.2, 0.25) is 0 Å². The zero-order valence-electron chi connectivity index (χ0n) is 8.84. The summed E-state index contributed by atoms with van der Waals surface area (Å²) >= 11 is 0. The summed E-state index contributed by atoms with van der Waals surface area (Å²) < 4.78 is 1.92. The van der Waals surface area contributed by atoms with E-state index in [1.807, 2.05) is 17.8 Å². The molecule has 0 spiro atoms. The number of aromatic amines is 1. The Morgan fingerprint density at radius 1 is 1.62 bits per heavy atom. The lowest BCUT2D eigenvalue weighted by Gasteiger charge is -2.03. The molecule has 2 aromatic heterocycles. The molecule has 2 heterocycles. The van der Waals surface area contributed by atoms with Crippen molar-refractivity contribution in [3.63, 3.8) is 0 Å². The Bertz CT molecular complexity index is 460. The molecule has 1 amide bonds. The van der Waals surface area contributed by atoms with Gasteiger partial charge in [-0.05, 0) is 0 Å². The van der Waals surface area contributed by atoms with Crippen LogP contribution in [0.3, 0.4) is 0 Å². The molecule has 0 saturated carbocycles. The van der Waals surface area contributed by atoms with Gasteiger partial charge in [0.1, 0.15) is 5.82 Å². The minimum Gasteiger partial charge on any atom is -0.350 e. The average molecular weight is 220 g/mol. The molecule has 2 N–H and O–H groups in total. The van der Waals surface area contributed by atoms with Crippen molar-refractivity contribution in [3.8, 4) is 0 Å². The second kappa shape index (κ2) is 4.56. The number of aryl methyl sites for hydroxylation is 1. The topological polar surface area (TPSA) is 88.5 Å². The molecule has 0 unspecified atom stereocenters. The summed E-state index contributed by atoms with van der Waals surface area (Å²) in [5.41, 5.74) is 0.292. The normalized spacial score (nSPS) is 10.3. The highest BCUT2D eigenvalue weighted by molar-refractivity contribution is 5.91. The summed E-state index contributed by atoms with van der Waals surface area (Å²) in [7, 11) is 1.92. The molecule has 0 aliphatic rings. The maximum Gasteiger partial charge on any atom is 0.273 e. The van der Waals surface area contributed by atoms with Crippen LogP contribution < -0.4 is 5.32 Å². The molecule has 0 aromatic carbocycles. The lowest BCUT2D eigenvalue weighted by atomic mass is 10.3. The van der Waals surface area contributed by atoms with Crippen molar-refractivity contribution < 1.29 is 4.79 Å². The van der Waals surface area contributed by atoms with Crippen LogP contribution in [-0.2, 0) is 13.5 Å². The minimum atomic E-state index is -0.233. The fraction of sp³-hybridized carbons (Fsp3) is 0.333. The van der Waals surface area contributed by atoms with Gasteiger partial charge in [0.25, 0.3) is 5.91 Å². The van der Waals surface area contributed by atoms with Crippen molar-refractivity contribution in [1.82, 2.24) is 30.3 Å². The van der Waals surface area contributed by atoms with Crippen LogP contribution in [0.4, 0.5) is 0 Å². The maximum absolute atomic E-state index is 11.5. The molecule has 0 atom stereocenters. The second-order valence-electron chi connectivity index (χ2n) is 3.32. The van der Waals surface area contributed by atoms with E-state index in [1.165, 1.54) is 6.20 Å². The molecule has 0 aliphatic carbocycles. The van der Waals surface area contributed by atoms with Crippen LogP contribution >= 0.6 is 0 Å². The smallest absolute Gasteiger partial charge is 0.273 e. The van der Waals surface area contributed by atoms with Crippen LogP contribution in [-0.4, -0.2) is 37.4 Å². The largest absolute Gasteiger partial charge is 0.350 e. The van der Waals surface area contributed by atoms with E-state index in [0.717, 1.165) is 5.82 Å². The lowest BCUT2D eigenvalue weighted by Crippen LogP contribution is -2.26. The third-order valence-electron chi connectivity index (χ3n) is 2.20. The Hall–Kier alpha value is -2.18. The third-order valence-corrected chi connectivity index (χ3v) is 2.20. The van der Waals surface area contributed by atoms with Crippen LogP contribution in [0.2, 0.25) is 0 Å². The Morgan fingerprint density at radius 2 is 2.50 bits per heavy atom. The molecule has 0 radical (unpaired) electrons. The highest BCUT2D eigenvalue weighted by atomic mass is 16.1. The number of H-pyrrole nitrogens is 1. The fourth-order valence-corrected chi connectivity index (χ4v) is 1.33. The maximum atomic E-state index is 11.5. The fourth-order valence-electron chi connectivity index (χ4n) is 1.33.